The standard InChI is InChI=1S/C21H19ClFN3O/c22-18-5-2-1-4-15(18)13-26-20-7-3-6-19(17(20)12-24-26)25-21(27)14-8-10-16(23)11-9-14/h1-2,4-5,8-12,19H,3,6-7,13H2,(H,25,27). The van der Waals surface area contributed by atoms with E-state index in [-0.39, 0.29) is 17.8 Å². The van der Waals surface area contributed by atoms with Crippen molar-refractivity contribution in [1.29, 1.82) is 0 Å². The number of rotatable bonds is 4. The van der Waals surface area contributed by atoms with Crippen molar-refractivity contribution in [3.8, 4) is 0 Å². The highest BCUT2D eigenvalue weighted by Gasteiger charge is 2.26. The molecule has 3 aromatic rings. The van der Waals surface area contributed by atoms with Crippen LogP contribution in [0.5, 0.6) is 0 Å². The first-order valence-corrected chi connectivity index (χ1v) is 9.34. The fourth-order valence-electron chi connectivity index (χ4n) is 3.54. The van der Waals surface area contributed by atoms with Crippen LogP contribution in [0.3, 0.4) is 0 Å². The molecular weight excluding hydrogens is 365 g/mol. The Hall–Kier alpha value is -2.66. The Labute approximate surface area is 162 Å². The van der Waals surface area contributed by atoms with Crippen LogP contribution >= 0.6 is 11.6 Å². The maximum absolute atomic E-state index is 13.1. The molecule has 1 aliphatic carbocycles. The molecule has 0 saturated heterocycles. The normalized spacial score (nSPS) is 16.0. The molecule has 0 bridgehead atoms. The van der Waals surface area contributed by atoms with E-state index in [4.69, 9.17) is 11.6 Å². The van der Waals surface area contributed by atoms with Gasteiger partial charge >= 0.3 is 0 Å². The topological polar surface area (TPSA) is 46.9 Å². The molecule has 1 atom stereocenters. The van der Waals surface area contributed by atoms with E-state index in [1.807, 2.05) is 35.1 Å². The number of carbonyl (C=O) groups excluding carboxylic acids is 1. The van der Waals surface area contributed by atoms with Crippen molar-refractivity contribution in [3.05, 3.63) is 88.0 Å². The molecule has 0 radical (unpaired) electrons. The smallest absolute Gasteiger partial charge is 0.251 e. The molecule has 2 aromatic carbocycles. The number of carbonyl (C=O) groups is 1. The zero-order chi connectivity index (χ0) is 18.8. The van der Waals surface area contributed by atoms with Crippen LogP contribution in [0.1, 0.15) is 46.1 Å². The van der Waals surface area contributed by atoms with Gasteiger partial charge in [0.25, 0.3) is 5.91 Å². The van der Waals surface area contributed by atoms with Crippen molar-refractivity contribution >= 4 is 17.5 Å². The molecule has 138 valence electrons. The molecule has 1 amide bonds. The summed E-state index contributed by atoms with van der Waals surface area (Å²) in [6.45, 7) is 0.605. The van der Waals surface area contributed by atoms with Gasteiger partial charge in [0.1, 0.15) is 5.82 Å². The van der Waals surface area contributed by atoms with Gasteiger partial charge in [-0.1, -0.05) is 29.8 Å². The summed E-state index contributed by atoms with van der Waals surface area (Å²) < 4.78 is 15.0. The number of nitrogens with one attached hydrogen (secondary N) is 1. The van der Waals surface area contributed by atoms with Crippen molar-refractivity contribution in [2.75, 3.05) is 0 Å². The van der Waals surface area contributed by atoms with Gasteiger partial charge in [-0.25, -0.2) is 4.39 Å². The van der Waals surface area contributed by atoms with Gasteiger partial charge in [0.15, 0.2) is 0 Å². The van der Waals surface area contributed by atoms with Crippen molar-refractivity contribution in [2.24, 2.45) is 0 Å². The third-order valence-corrected chi connectivity index (χ3v) is 5.32. The predicted octanol–water partition coefficient (Wildman–Crippen LogP) is 4.53. The molecular formula is C21H19ClFN3O. The molecule has 1 N–H and O–H groups in total. The summed E-state index contributed by atoms with van der Waals surface area (Å²) in [6.07, 6.45) is 4.58. The van der Waals surface area contributed by atoms with E-state index < -0.39 is 0 Å². The highest BCUT2D eigenvalue weighted by atomic mass is 35.5. The van der Waals surface area contributed by atoms with E-state index in [0.717, 1.165) is 41.1 Å². The molecule has 1 aromatic heterocycles. The first-order chi connectivity index (χ1) is 13.1. The first kappa shape index (κ1) is 17.7. The van der Waals surface area contributed by atoms with Gasteiger partial charge in [-0.2, -0.15) is 5.10 Å². The minimum atomic E-state index is -0.354. The van der Waals surface area contributed by atoms with Crippen molar-refractivity contribution in [3.63, 3.8) is 0 Å². The number of aromatic nitrogens is 2. The molecule has 0 fully saturated rings. The molecule has 0 aliphatic heterocycles. The van der Waals surface area contributed by atoms with E-state index in [1.54, 1.807) is 0 Å². The van der Waals surface area contributed by atoms with Crippen LogP contribution in [0.15, 0.2) is 54.7 Å². The van der Waals surface area contributed by atoms with Crippen LogP contribution in [0, 0.1) is 5.82 Å². The molecule has 0 saturated carbocycles. The van der Waals surface area contributed by atoms with Crippen LogP contribution in [0.4, 0.5) is 4.39 Å². The Balaban J connectivity index is 1.54. The molecule has 4 nitrogen and oxygen atoms in total. The minimum absolute atomic E-state index is 0.0914. The number of hydrogen-bond donors (Lipinski definition) is 1. The summed E-state index contributed by atoms with van der Waals surface area (Å²) in [6, 6.07) is 13.2. The number of fused-ring (bicyclic) bond motifs is 1. The molecule has 0 spiro atoms. The van der Waals surface area contributed by atoms with Gasteiger partial charge in [0, 0.05) is 21.8 Å². The van der Waals surface area contributed by atoms with Crippen LogP contribution in [0.2, 0.25) is 5.02 Å². The number of amides is 1. The summed E-state index contributed by atoms with van der Waals surface area (Å²) in [4.78, 5) is 12.5. The van der Waals surface area contributed by atoms with Gasteiger partial charge in [-0.15, -0.1) is 0 Å². The fourth-order valence-corrected chi connectivity index (χ4v) is 3.73. The molecule has 4 rings (SSSR count). The van der Waals surface area contributed by atoms with Crippen LogP contribution < -0.4 is 5.32 Å². The predicted molar refractivity (Wildman–Crippen MR) is 102 cm³/mol. The van der Waals surface area contributed by atoms with E-state index in [1.165, 1.54) is 24.3 Å². The number of nitrogens with zero attached hydrogens (tertiary/aromatic N) is 2. The maximum Gasteiger partial charge on any atom is 0.251 e. The van der Waals surface area contributed by atoms with E-state index in [2.05, 4.69) is 10.4 Å². The van der Waals surface area contributed by atoms with Crippen LogP contribution in [-0.2, 0) is 13.0 Å². The van der Waals surface area contributed by atoms with Crippen molar-refractivity contribution in [2.45, 2.75) is 31.8 Å². The lowest BCUT2D eigenvalue weighted by Gasteiger charge is -2.24. The summed E-state index contributed by atoms with van der Waals surface area (Å²) in [5, 5.41) is 8.31. The first-order valence-electron chi connectivity index (χ1n) is 8.96. The van der Waals surface area contributed by atoms with Crippen LogP contribution in [-0.4, -0.2) is 15.7 Å². The lowest BCUT2D eigenvalue weighted by Crippen LogP contribution is -2.31. The average molecular weight is 384 g/mol. The highest BCUT2D eigenvalue weighted by Crippen LogP contribution is 2.30. The second-order valence-electron chi connectivity index (χ2n) is 6.72. The quantitative estimate of drug-likeness (QED) is 0.719. The Morgan fingerprint density at radius 2 is 2.00 bits per heavy atom. The maximum atomic E-state index is 13.1. The number of hydrogen-bond acceptors (Lipinski definition) is 2. The Morgan fingerprint density at radius 1 is 1.22 bits per heavy atom. The third kappa shape index (κ3) is 3.74. The zero-order valence-electron chi connectivity index (χ0n) is 14.7. The lowest BCUT2D eigenvalue weighted by atomic mass is 9.92. The second kappa shape index (κ2) is 7.53. The molecule has 1 unspecified atom stereocenters. The summed E-state index contributed by atoms with van der Waals surface area (Å²) in [7, 11) is 0. The van der Waals surface area contributed by atoms with Crippen LogP contribution in [0.25, 0.3) is 0 Å². The highest BCUT2D eigenvalue weighted by molar-refractivity contribution is 6.31. The van der Waals surface area contributed by atoms with Gasteiger partial charge < -0.3 is 5.32 Å². The largest absolute Gasteiger partial charge is 0.345 e. The third-order valence-electron chi connectivity index (χ3n) is 4.95. The molecule has 27 heavy (non-hydrogen) atoms. The monoisotopic (exact) mass is 383 g/mol. The van der Waals surface area contributed by atoms with Gasteiger partial charge in [0.05, 0.1) is 18.8 Å². The van der Waals surface area contributed by atoms with Gasteiger partial charge in [0.2, 0.25) is 0 Å². The second-order valence-corrected chi connectivity index (χ2v) is 7.13. The Morgan fingerprint density at radius 3 is 2.78 bits per heavy atom. The van der Waals surface area contributed by atoms with E-state index in [9.17, 15) is 9.18 Å². The number of halogens is 2. The summed E-state index contributed by atoms with van der Waals surface area (Å²) in [5.41, 5.74) is 3.64. The molecule has 1 heterocycles. The fraction of sp³-hybridized carbons (Fsp3) is 0.238. The summed E-state index contributed by atoms with van der Waals surface area (Å²) >= 11 is 6.28. The SMILES string of the molecule is O=C(NC1CCCc2c1cnn2Cc1ccccc1Cl)c1ccc(F)cc1. The lowest BCUT2D eigenvalue weighted by molar-refractivity contribution is 0.0932. The Kier molecular flexibility index (Phi) is 4.94. The molecule has 6 heteroatoms. The minimum Gasteiger partial charge on any atom is -0.345 e. The Bertz CT molecular complexity index is 968. The van der Waals surface area contributed by atoms with Gasteiger partial charge in [-0.3, -0.25) is 9.48 Å². The van der Waals surface area contributed by atoms with E-state index in [0.29, 0.717) is 12.1 Å². The summed E-state index contributed by atoms with van der Waals surface area (Å²) in [5.74, 6) is -0.556. The van der Waals surface area contributed by atoms with Crippen molar-refractivity contribution < 1.29 is 9.18 Å². The average Bonchev–Trinajstić information content (AvgIpc) is 3.08. The van der Waals surface area contributed by atoms with Crippen molar-refractivity contribution in [1.82, 2.24) is 15.1 Å². The van der Waals surface area contributed by atoms with E-state index >= 15 is 0 Å². The number of benzene rings is 2. The van der Waals surface area contributed by atoms with Gasteiger partial charge in [-0.05, 0) is 55.2 Å². The zero-order valence-corrected chi connectivity index (χ0v) is 15.4. The molecule has 1 aliphatic rings.